The summed E-state index contributed by atoms with van der Waals surface area (Å²) in [5.74, 6) is 0.662. The Hall–Kier alpha value is -1.94. The Morgan fingerprint density at radius 3 is 2.83 bits per heavy atom. The summed E-state index contributed by atoms with van der Waals surface area (Å²) < 4.78 is 30.5. The lowest BCUT2D eigenvalue weighted by molar-refractivity contribution is -0.130. The largest absolute Gasteiger partial charge is 0.378 e. The van der Waals surface area contributed by atoms with Gasteiger partial charge in [0.1, 0.15) is 5.75 Å². The summed E-state index contributed by atoms with van der Waals surface area (Å²) in [5, 5.41) is 5.03. The number of fused-ring (bicyclic) bond motifs is 1. The van der Waals surface area contributed by atoms with Crippen LogP contribution in [-0.4, -0.2) is 69.4 Å². The van der Waals surface area contributed by atoms with E-state index in [1.165, 1.54) is 11.1 Å². The number of carbonyl (C=O) groups is 1. The molecule has 7 nitrogen and oxygen atoms in total. The molecule has 2 aromatic rings. The van der Waals surface area contributed by atoms with Gasteiger partial charge in [-0.2, -0.15) is 8.42 Å². The fourth-order valence-electron chi connectivity index (χ4n) is 5.08. The molecule has 4 rings (SSSR count). The Bertz CT molecular complexity index is 1070. The summed E-state index contributed by atoms with van der Waals surface area (Å²) in [6.07, 6.45) is 6.81. The zero-order chi connectivity index (χ0) is 24.7. The molecule has 9 heteroatoms. The summed E-state index contributed by atoms with van der Waals surface area (Å²) in [7, 11) is -3.77. The first-order valence-corrected chi connectivity index (χ1v) is 15.1. The van der Waals surface area contributed by atoms with E-state index in [1.807, 2.05) is 17.0 Å². The van der Waals surface area contributed by atoms with Crippen LogP contribution in [0.25, 0.3) is 0 Å². The zero-order valence-corrected chi connectivity index (χ0v) is 22.2. The summed E-state index contributed by atoms with van der Waals surface area (Å²) in [5.41, 5.74) is 2.47. The van der Waals surface area contributed by atoms with Crippen molar-refractivity contribution in [1.82, 2.24) is 15.1 Å². The topological polar surface area (TPSA) is 79.0 Å². The monoisotopic (exact) mass is 519 g/mol. The third-order valence-corrected chi connectivity index (χ3v) is 9.51. The van der Waals surface area contributed by atoms with Gasteiger partial charge >= 0.3 is 10.1 Å². The van der Waals surface area contributed by atoms with Crippen LogP contribution in [0.2, 0.25) is 0 Å². The zero-order valence-electron chi connectivity index (χ0n) is 20.6. The number of benzene rings is 1. The Balaban J connectivity index is 1.31. The molecular formula is C26H37N3O4S2. The molecule has 1 aromatic carbocycles. The number of hydrogen-bond donors (Lipinski definition) is 1. The second-order valence-corrected chi connectivity index (χ2v) is 12.1. The molecular weight excluding hydrogens is 482 g/mol. The van der Waals surface area contributed by atoms with Crippen molar-refractivity contribution in [2.75, 3.05) is 39.3 Å². The number of amides is 1. The number of nitrogens with zero attached hydrogens (tertiary/aromatic N) is 2. The summed E-state index contributed by atoms with van der Waals surface area (Å²) >= 11 is 1.16. The molecule has 1 aliphatic heterocycles. The minimum Gasteiger partial charge on any atom is -0.378 e. The lowest BCUT2D eigenvalue weighted by Gasteiger charge is -2.35. The predicted octanol–water partition coefficient (Wildman–Crippen LogP) is 3.69. The fraction of sp³-hybridized carbons (Fsp3) is 0.577. The number of aryl methyl sites for hydroxylation is 1. The van der Waals surface area contributed by atoms with Crippen LogP contribution in [-0.2, 0) is 27.8 Å². The van der Waals surface area contributed by atoms with Crippen LogP contribution in [0, 0.1) is 0 Å². The molecule has 0 saturated carbocycles. The summed E-state index contributed by atoms with van der Waals surface area (Å²) in [6.45, 7) is 7.70. The number of unbranched alkanes of at least 4 members (excludes halogenated alkanes) is 1. The normalized spacial score (nSPS) is 19.0. The van der Waals surface area contributed by atoms with Crippen LogP contribution in [0.4, 0.5) is 0 Å². The van der Waals surface area contributed by atoms with E-state index >= 15 is 0 Å². The van der Waals surface area contributed by atoms with Gasteiger partial charge in [-0.3, -0.25) is 4.79 Å². The average Bonchev–Trinajstić information content (AvgIpc) is 3.32. The standard InChI is InChI=1S/C26H37N3O4S2/c1-2-14-28(15-3-4-16-29-17-13-27-12-11-25(29)30)23-9-7-22-20-24(10-8-21(22)19-23)33-35(31,32)26-6-5-18-34-26/h5-6,8,10,18,20,23,27H,2-4,7,9,11-17,19H2,1H3. The van der Waals surface area contributed by atoms with Gasteiger partial charge in [0.05, 0.1) is 0 Å². The first kappa shape index (κ1) is 26.1. The van der Waals surface area contributed by atoms with Crippen molar-refractivity contribution in [2.45, 2.75) is 62.1 Å². The molecule has 1 aromatic heterocycles. The van der Waals surface area contributed by atoms with Gasteiger partial charge in [-0.1, -0.05) is 19.1 Å². The number of thiophene rings is 1. The van der Waals surface area contributed by atoms with Crippen molar-refractivity contribution in [3.05, 3.63) is 46.8 Å². The molecule has 2 heterocycles. The third kappa shape index (κ3) is 7.06. The van der Waals surface area contributed by atoms with E-state index in [4.69, 9.17) is 4.18 Å². The van der Waals surface area contributed by atoms with Gasteiger partial charge in [-0.25, -0.2) is 0 Å². The lowest BCUT2D eigenvalue weighted by atomic mass is 9.87. The number of rotatable bonds is 11. The van der Waals surface area contributed by atoms with Crippen molar-refractivity contribution in [1.29, 1.82) is 0 Å². The van der Waals surface area contributed by atoms with E-state index in [0.29, 0.717) is 18.2 Å². The Morgan fingerprint density at radius 1 is 1.14 bits per heavy atom. The van der Waals surface area contributed by atoms with Crippen LogP contribution in [0.5, 0.6) is 5.75 Å². The maximum Gasteiger partial charge on any atom is 0.348 e. The molecule has 1 N–H and O–H groups in total. The summed E-state index contributed by atoms with van der Waals surface area (Å²) in [4.78, 5) is 16.8. The first-order valence-electron chi connectivity index (χ1n) is 12.8. The van der Waals surface area contributed by atoms with Crippen molar-refractivity contribution < 1.29 is 17.4 Å². The third-order valence-electron chi connectivity index (χ3n) is 6.90. The second kappa shape index (κ2) is 12.3. The lowest BCUT2D eigenvalue weighted by Crippen LogP contribution is -2.41. The van der Waals surface area contributed by atoms with Crippen molar-refractivity contribution in [3.8, 4) is 5.75 Å². The van der Waals surface area contributed by atoms with E-state index in [2.05, 4.69) is 17.1 Å². The van der Waals surface area contributed by atoms with Gasteiger partial charge in [0, 0.05) is 38.6 Å². The molecule has 192 valence electrons. The Morgan fingerprint density at radius 2 is 2.03 bits per heavy atom. The van der Waals surface area contributed by atoms with Gasteiger partial charge in [-0.15, -0.1) is 11.3 Å². The van der Waals surface area contributed by atoms with Crippen molar-refractivity contribution in [2.24, 2.45) is 0 Å². The van der Waals surface area contributed by atoms with Crippen LogP contribution in [0.3, 0.4) is 0 Å². The van der Waals surface area contributed by atoms with Gasteiger partial charge in [0.2, 0.25) is 5.91 Å². The highest BCUT2D eigenvalue weighted by atomic mass is 32.3. The summed E-state index contributed by atoms with van der Waals surface area (Å²) in [6, 6.07) is 9.48. The molecule has 1 fully saturated rings. The molecule has 0 spiro atoms. The maximum absolute atomic E-state index is 12.5. The number of nitrogens with one attached hydrogen (secondary N) is 1. The van der Waals surface area contributed by atoms with Crippen LogP contribution >= 0.6 is 11.3 Å². The highest BCUT2D eigenvalue weighted by Crippen LogP contribution is 2.30. The maximum atomic E-state index is 12.5. The number of hydrogen-bond acceptors (Lipinski definition) is 7. The van der Waals surface area contributed by atoms with Crippen LogP contribution < -0.4 is 9.50 Å². The molecule has 1 atom stereocenters. The second-order valence-electron chi connectivity index (χ2n) is 9.42. The van der Waals surface area contributed by atoms with E-state index in [9.17, 15) is 13.2 Å². The van der Waals surface area contributed by atoms with Gasteiger partial charge in [0.15, 0.2) is 4.21 Å². The minimum atomic E-state index is -3.77. The Kier molecular flexibility index (Phi) is 9.21. The molecule has 35 heavy (non-hydrogen) atoms. The van der Waals surface area contributed by atoms with Gasteiger partial charge < -0.3 is 19.3 Å². The molecule has 0 radical (unpaired) electrons. The molecule has 2 aliphatic rings. The smallest absolute Gasteiger partial charge is 0.348 e. The highest BCUT2D eigenvalue weighted by molar-refractivity contribution is 7.89. The van der Waals surface area contributed by atoms with Crippen molar-refractivity contribution in [3.63, 3.8) is 0 Å². The quantitative estimate of drug-likeness (QED) is 0.360. The van der Waals surface area contributed by atoms with E-state index in [-0.39, 0.29) is 10.1 Å². The van der Waals surface area contributed by atoms with Gasteiger partial charge in [0.25, 0.3) is 0 Å². The Labute approximate surface area is 213 Å². The molecule has 1 aliphatic carbocycles. The predicted molar refractivity (Wildman–Crippen MR) is 140 cm³/mol. The van der Waals surface area contributed by atoms with Crippen molar-refractivity contribution >= 4 is 27.4 Å². The number of carbonyl (C=O) groups excluding carboxylic acids is 1. The van der Waals surface area contributed by atoms with Crippen LogP contribution in [0.1, 0.15) is 50.2 Å². The average molecular weight is 520 g/mol. The van der Waals surface area contributed by atoms with E-state index in [1.54, 1.807) is 23.6 Å². The molecule has 1 saturated heterocycles. The van der Waals surface area contributed by atoms with E-state index in [0.717, 1.165) is 89.1 Å². The van der Waals surface area contributed by atoms with E-state index < -0.39 is 10.1 Å². The van der Waals surface area contributed by atoms with Gasteiger partial charge in [-0.05, 0) is 86.3 Å². The first-order chi connectivity index (χ1) is 17.0. The minimum absolute atomic E-state index is 0.224. The van der Waals surface area contributed by atoms with Crippen LogP contribution in [0.15, 0.2) is 39.9 Å². The molecule has 1 unspecified atom stereocenters. The molecule has 1 amide bonds. The SMILES string of the molecule is CCCN(CCCCN1CCNCCC1=O)C1CCc2cc(OS(=O)(=O)c3cccs3)ccc2C1. The highest BCUT2D eigenvalue weighted by Gasteiger charge is 2.25. The fourth-order valence-corrected chi connectivity index (χ4v) is 6.96. The molecule has 0 bridgehead atoms.